The maximum absolute atomic E-state index is 12.1. The number of carbonyl (C=O) groups excluding carboxylic acids is 2. The van der Waals surface area contributed by atoms with Gasteiger partial charge in [-0.05, 0) is 24.6 Å². The van der Waals surface area contributed by atoms with E-state index in [9.17, 15) is 9.59 Å². The molecule has 0 aromatic heterocycles. The van der Waals surface area contributed by atoms with Crippen LogP contribution in [0.5, 0.6) is 0 Å². The average Bonchev–Trinajstić information content (AvgIpc) is 2.47. The highest BCUT2D eigenvalue weighted by Crippen LogP contribution is 2.15. The molecule has 2 aromatic rings. The highest BCUT2D eigenvalue weighted by atomic mass is 79.9. The van der Waals surface area contributed by atoms with Crippen molar-refractivity contribution >= 4 is 27.6 Å². The minimum Gasteiger partial charge on any atom is -0.345 e. The normalized spacial score (nSPS) is 10.1. The summed E-state index contributed by atoms with van der Waals surface area (Å²) >= 11 is 3.33. The van der Waals surface area contributed by atoms with Gasteiger partial charge in [-0.2, -0.15) is 0 Å². The number of aryl methyl sites for hydroxylation is 1. The lowest BCUT2D eigenvalue weighted by molar-refractivity contribution is 0.0903. The fraction of sp³-hybridized carbons (Fsp3) is 0.125. The molecular formula is C16H14BrNO2. The molecule has 2 aromatic carbocycles. The number of Topliss-reactive ketones (excluding diaryl/α,β-unsaturated/α-hetero) is 1. The largest absolute Gasteiger partial charge is 0.345 e. The molecule has 0 bridgehead atoms. The summed E-state index contributed by atoms with van der Waals surface area (Å²) in [5, 5.41) is 2.66. The lowest BCUT2D eigenvalue weighted by Gasteiger charge is -2.07. The smallest absolute Gasteiger partial charge is 0.251 e. The van der Waals surface area contributed by atoms with Crippen molar-refractivity contribution in [1.82, 2.24) is 5.32 Å². The Morgan fingerprint density at radius 1 is 1.10 bits per heavy atom. The van der Waals surface area contributed by atoms with Crippen LogP contribution in [0.25, 0.3) is 0 Å². The molecular weight excluding hydrogens is 318 g/mol. The van der Waals surface area contributed by atoms with Crippen molar-refractivity contribution in [2.45, 2.75) is 6.92 Å². The standard InChI is InChI=1S/C16H14BrNO2/c1-11-7-8-13(17)9-14(11)16(20)18-10-15(19)12-5-3-2-4-6-12/h2-9H,10H2,1H3,(H,18,20). The lowest BCUT2D eigenvalue weighted by atomic mass is 10.1. The van der Waals surface area contributed by atoms with Crippen LogP contribution in [-0.4, -0.2) is 18.2 Å². The lowest BCUT2D eigenvalue weighted by Crippen LogP contribution is -2.30. The number of ketones is 1. The maximum atomic E-state index is 12.1. The predicted octanol–water partition coefficient (Wildman–Crippen LogP) is 3.37. The van der Waals surface area contributed by atoms with Crippen LogP contribution < -0.4 is 5.32 Å². The first-order valence-electron chi connectivity index (χ1n) is 6.20. The number of rotatable bonds is 4. The van der Waals surface area contributed by atoms with Crippen molar-refractivity contribution in [3.05, 3.63) is 69.7 Å². The van der Waals surface area contributed by atoms with E-state index in [-0.39, 0.29) is 18.2 Å². The predicted molar refractivity (Wildman–Crippen MR) is 82.0 cm³/mol. The molecule has 0 aliphatic rings. The summed E-state index contributed by atoms with van der Waals surface area (Å²) in [5.74, 6) is -0.348. The van der Waals surface area contributed by atoms with E-state index in [4.69, 9.17) is 0 Å². The number of hydrogen-bond donors (Lipinski definition) is 1. The molecule has 0 aliphatic carbocycles. The van der Waals surface area contributed by atoms with E-state index in [0.29, 0.717) is 11.1 Å². The third-order valence-electron chi connectivity index (χ3n) is 2.95. The first kappa shape index (κ1) is 14.5. The van der Waals surface area contributed by atoms with E-state index in [2.05, 4.69) is 21.2 Å². The first-order chi connectivity index (χ1) is 9.58. The van der Waals surface area contributed by atoms with Gasteiger partial charge in [0.25, 0.3) is 5.91 Å². The molecule has 3 nitrogen and oxygen atoms in total. The Morgan fingerprint density at radius 3 is 2.50 bits per heavy atom. The zero-order valence-electron chi connectivity index (χ0n) is 11.0. The molecule has 1 N–H and O–H groups in total. The van der Waals surface area contributed by atoms with Crippen LogP contribution in [-0.2, 0) is 0 Å². The molecule has 0 heterocycles. The summed E-state index contributed by atoms with van der Waals surface area (Å²) in [6.07, 6.45) is 0. The molecule has 102 valence electrons. The van der Waals surface area contributed by atoms with Crippen LogP contribution in [0.1, 0.15) is 26.3 Å². The summed E-state index contributed by atoms with van der Waals surface area (Å²) < 4.78 is 0.836. The Labute approximate surface area is 126 Å². The third kappa shape index (κ3) is 3.54. The van der Waals surface area contributed by atoms with Crippen molar-refractivity contribution in [3.8, 4) is 0 Å². The maximum Gasteiger partial charge on any atom is 0.251 e. The van der Waals surface area contributed by atoms with Crippen molar-refractivity contribution in [2.75, 3.05) is 6.54 Å². The minimum atomic E-state index is -0.243. The molecule has 1 amide bonds. The van der Waals surface area contributed by atoms with Gasteiger partial charge in [0.15, 0.2) is 5.78 Å². The van der Waals surface area contributed by atoms with Crippen molar-refractivity contribution in [1.29, 1.82) is 0 Å². The fourth-order valence-corrected chi connectivity index (χ4v) is 2.18. The highest BCUT2D eigenvalue weighted by molar-refractivity contribution is 9.10. The van der Waals surface area contributed by atoms with Gasteiger partial charge in [-0.1, -0.05) is 52.3 Å². The van der Waals surface area contributed by atoms with Crippen LogP contribution >= 0.6 is 15.9 Å². The highest BCUT2D eigenvalue weighted by Gasteiger charge is 2.11. The number of nitrogens with one attached hydrogen (secondary N) is 1. The Balaban J connectivity index is 2.02. The molecule has 20 heavy (non-hydrogen) atoms. The van der Waals surface area contributed by atoms with Gasteiger partial charge in [-0.15, -0.1) is 0 Å². The summed E-state index contributed by atoms with van der Waals surface area (Å²) in [6, 6.07) is 14.4. The van der Waals surface area contributed by atoms with Gasteiger partial charge >= 0.3 is 0 Å². The van der Waals surface area contributed by atoms with E-state index in [0.717, 1.165) is 10.0 Å². The third-order valence-corrected chi connectivity index (χ3v) is 3.44. The van der Waals surface area contributed by atoms with Crippen molar-refractivity contribution < 1.29 is 9.59 Å². The first-order valence-corrected chi connectivity index (χ1v) is 7.00. The zero-order valence-corrected chi connectivity index (χ0v) is 12.6. The number of carbonyl (C=O) groups is 2. The molecule has 0 atom stereocenters. The molecule has 0 aliphatic heterocycles. The molecule has 4 heteroatoms. The summed E-state index contributed by atoms with van der Waals surface area (Å²) in [5.41, 5.74) is 2.04. The Kier molecular flexibility index (Phi) is 4.69. The van der Waals surface area contributed by atoms with Gasteiger partial charge in [0.2, 0.25) is 0 Å². The van der Waals surface area contributed by atoms with Gasteiger partial charge in [-0.3, -0.25) is 9.59 Å². The van der Waals surface area contributed by atoms with Crippen LogP contribution in [0.15, 0.2) is 53.0 Å². The molecule has 0 saturated carbocycles. The van der Waals surface area contributed by atoms with Gasteiger partial charge in [0.1, 0.15) is 0 Å². The van der Waals surface area contributed by atoms with Crippen LogP contribution in [0, 0.1) is 6.92 Å². The molecule has 0 radical (unpaired) electrons. The van der Waals surface area contributed by atoms with E-state index in [1.807, 2.05) is 25.1 Å². The Morgan fingerprint density at radius 2 is 1.80 bits per heavy atom. The minimum absolute atomic E-state index is 0.00516. The summed E-state index contributed by atoms with van der Waals surface area (Å²) in [4.78, 5) is 24.0. The molecule has 2 rings (SSSR count). The molecule has 0 unspecified atom stereocenters. The van der Waals surface area contributed by atoms with Crippen LogP contribution in [0.3, 0.4) is 0 Å². The molecule has 0 spiro atoms. The number of amides is 1. The fourth-order valence-electron chi connectivity index (χ4n) is 1.82. The van der Waals surface area contributed by atoms with E-state index < -0.39 is 0 Å². The molecule has 0 saturated heterocycles. The Bertz CT molecular complexity index is 638. The number of halogens is 1. The topological polar surface area (TPSA) is 46.2 Å². The van der Waals surface area contributed by atoms with Gasteiger partial charge in [0.05, 0.1) is 6.54 Å². The quantitative estimate of drug-likeness (QED) is 0.873. The Hall–Kier alpha value is -1.94. The van der Waals surface area contributed by atoms with Gasteiger partial charge < -0.3 is 5.32 Å². The van der Waals surface area contributed by atoms with Crippen LogP contribution in [0.2, 0.25) is 0 Å². The summed E-state index contributed by atoms with van der Waals surface area (Å²) in [6.45, 7) is 1.86. The van der Waals surface area contributed by atoms with Gasteiger partial charge in [0, 0.05) is 15.6 Å². The van der Waals surface area contributed by atoms with Crippen molar-refractivity contribution in [2.24, 2.45) is 0 Å². The van der Waals surface area contributed by atoms with Gasteiger partial charge in [-0.25, -0.2) is 0 Å². The summed E-state index contributed by atoms with van der Waals surface area (Å²) in [7, 11) is 0. The monoisotopic (exact) mass is 331 g/mol. The number of hydrogen-bond acceptors (Lipinski definition) is 2. The second-order valence-electron chi connectivity index (χ2n) is 4.43. The second kappa shape index (κ2) is 6.48. The zero-order chi connectivity index (χ0) is 14.5. The van der Waals surface area contributed by atoms with E-state index in [1.165, 1.54) is 0 Å². The molecule has 0 fully saturated rings. The SMILES string of the molecule is Cc1ccc(Br)cc1C(=O)NCC(=O)c1ccccc1. The van der Waals surface area contributed by atoms with Crippen LogP contribution in [0.4, 0.5) is 0 Å². The van der Waals surface area contributed by atoms with Crippen molar-refractivity contribution in [3.63, 3.8) is 0 Å². The number of benzene rings is 2. The average molecular weight is 332 g/mol. The second-order valence-corrected chi connectivity index (χ2v) is 5.35. The van der Waals surface area contributed by atoms with E-state index in [1.54, 1.807) is 30.3 Å². The van der Waals surface area contributed by atoms with E-state index >= 15 is 0 Å².